The summed E-state index contributed by atoms with van der Waals surface area (Å²) in [6, 6.07) is 3.12. The van der Waals surface area contributed by atoms with E-state index in [1.54, 1.807) is 12.1 Å². The molecule has 1 N–H and O–H groups in total. The van der Waals surface area contributed by atoms with Crippen molar-refractivity contribution in [1.82, 2.24) is 10.2 Å². The lowest BCUT2D eigenvalue weighted by Crippen LogP contribution is -2.46. The maximum absolute atomic E-state index is 12.2. The molecule has 2 atom stereocenters. The molecule has 0 spiro atoms. The molecule has 0 aromatic heterocycles. The first-order valence-electron chi connectivity index (χ1n) is 8.09. The largest absolute Gasteiger partial charge is 0.494 e. The zero-order valence-corrected chi connectivity index (χ0v) is 15.8. The molecule has 1 aromatic rings. The average molecular weight is 375 g/mol. The molecule has 134 valence electrons. The van der Waals surface area contributed by atoms with Gasteiger partial charge < -0.3 is 14.8 Å². The van der Waals surface area contributed by atoms with Gasteiger partial charge in [-0.15, -0.1) is 0 Å². The number of halogens is 2. The number of hydrogen-bond acceptors (Lipinski definition) is 4. The Bertz CT molecular complexity index is 550. The molecule has 1 aromatic carbocycles. The molecule has 5 nitrogen and oxygen atoms in total. The van der Waals surface area contributed by atoms with Crippen LogP contribution in [0.5, 0.6) is 5.75 Å². The summed E-state index contributed by atoms with van der Waals surface area (Å²) in [4.78, 5) is 14.6. The highest BCUT2D eigenvalue weighted by Crippen LogP contribution is 2.33. The molecule has 24 heavy (non-hydrogen) atoms. The predicted molar refractivity (Wildman–Crippen MR) is 96.4 cm³/mol. The van der Waals surface area contributed by atoms with Crippen LogP contribution in [-0.2, 0) is 4.74 Å². The molecular formula is C17H24Cl2N2O3. The van der Waals surface area contributed by atoms with E-state index in [-0.39, 0.29) is 18.1 Å². The van der Waals surface area contributed by atoms with Gasteiger partial charge in [0.2, 0.25) is 0 Å². The minimum absolute atomic E-state index is 0.190. The molecular weight excluding hydrogens is 351 g/mol. The van der Waals surface area contributed by atoms with Gasteiger partial charge in [-0.05, 0) is 32.4 Å². The molecule has 0 bridgehead atoms. The van der Waals surface area contributed by atoms with Gasteiger partial charge >= 0.3 is 0 Å². The fourth-order valence-electron chi connectivity index (χ4n) is 2.96. The summed E-state index contributed by atoms with van der Waals surface area (Å²) in [6.07, 6.45) is 1.39. The highest BCUT2D eigenvalue weighted by atomic mass is 35.5. The minimum atomic E-state index is -0.190. The highest BCUT2D eigenvalue weighted by molar-refractivity contribution is 6.37. The van der Waals surface area contributed by atoms with Crippen molar-refractivity contribution in [3.63, 3.8) is 0 Å². The Hall–Kier alpha value is -1.01. The third-order valence-electron chi connectivity index (χ3n) is 3.90. The van der Waals surface area contributed by atoms with Gasteiger partial charge in [0.25, 0.3) is 5.91 Å². The van der Waals surface area contributed by atoms with E-state index in [0.717, 1.165) is 26.1 Å². The number of methoxy groups -OCH3 is 1. The molecule has 1 aliphatic heterocycles. The molecule has 1 heterocycles. The molecule has 0 saturated carbocycles. The number of hydrogen-bond donors (Lipinski definition) is 1. The number of carbonyl (C=O) groups excluding carboxylic acids is 1. The van der Waals surface area contributed by atoms with Crippen LogP contribution in [0.4, 0.5) is 0 Å². The Kier molecular flexibility index (Phi) is 7.16. The lowest BCUT2D eigenvalue weighted by Gasteiger charge is -2.35. The number of rotatable bonds is 6. The van der Waals surface area contributed by atoms with Crippen LogP contribution in [0.1, 0.15) is 30.6 Å². The summed E-state index contributed by atoms with van der Waals surface area (Å²) in [6.45, 7) is 7.57. The van der Waals surface area contributed by atoms with E-state index in [0.29, 0.717) is 27.9 Å². The highest BCUT2D eigenvalue weighted by Gasteiger charge is 2.21. The van der Waals surface area contributed by atoms with E-state index in [9.17, 15) is 4.79 Å². The maximum Gasteiger partial charge on any atom is 0.251 e. The van der Waals surface area contributed by atoms with Crippen LogP contribution in [0, 0.1) is 0 Å². The van der Waals surface area contributed by atoms with Crippen molar-refractivity contribution in [3.05, 3.63) is 27.7 Å². The van der Waals surface area contributed by atoms with Gasteiger partial charge in [-0.2, -0.15) is 0 Å². The van der Waals surface area contributed by atoms with Crippen LogP contribution < -0.4 is 10.1 Å². The van der Waals surface area contributed by atoms with Crippen LogP contribution in [0.25, 0.3) is 0 Å². The molecule has 2 rings (SSSR count). The number of amides is 1. The van der Waals surface area contributed by atoms with Gasteiger partial charge in [-0.25, -0.2) is 0 Å². The third-order valence-corrected chi connectivity index (χ3v) is 4.46. The van der Waals surface area contributed by atoms with Crippen molar-refractivity contribution in [2.24, 2.45) is 0 Å². The van der Waals surface area contributed by atoms with E-state index < -0.39 is 0 Å². The first kappa shape index (κ1) is 19.3. The molecule has 0 aliphatic carbocycles. The van der Waals surface area contributed by atoms with Crippen LogP contribution in [-0.4, -0.2) is 56.3 Å². The Balaban J connectivity index is 1.79. The second-order valence-electron chi connectivity index (χ2n) is 6.10. The van der Waals surface area contributed by atoms with Gasteiger partial charge in [0.05, 0.1) is 29.4 Å². The van der Waals surface area contributed by atoms with Crippen LogP contribution in [0.2, 0.25) is 10.0 Å². The zero-order valence-electron chi connectivity index (χ0n) is 14.3. The van der Waals surface area contributed by atoms with E-state index in [4.69, 9.17) is 32.7 Å². The Morgan fingerprint density at radius 2 is 1.88 bits per heavy atom. The topological polar surface area (TPSA) is 50.8 Å². The standard InChI is InChI=1S/C17H24Cl2N2O3/c1-11-9-21(10-12(2)24-11)6-4-5-20-17(22)13-7-14(18)16(23-3)15(19)8-13/h7-8,11-12H,4-6,9-10H2,1-3H3,(H,20,22). The van der Waals surface area contributed by atoms with Crippen LogP contribution in [0.15, 0.2) is 12.1 Å². The molecule has 0 radical (unpaired) electrons. The quantitative estimate of drug-likeness (QED) is 0.776. The number of morpholine rings is 1. The molecule has 1 amide bonds. The fourth-order valence-corrected chi connectivity index (χ4v) is 3.60. The van der Waals surface area contributed by atoms with Gasteiger partial charge in [0.1, 0.15) is 0 Å². The SMILES string of the molecule is COc1c(Cl)cc(C(=O)NCCCN2CC(C)OC(C)C2)cc1Cl. The van der Waals surface area contributed by atoms with Crippen molar-refractivity contribution >= 4 is 29.1 Å². The van der Waals surface area contributed by atoms with Crippen molar-refractivity contribution in [2.45, 2.75) is 32.5 Å². The second kappa shape index (κ2) is 8.90. The number of nitrogens with zero attached hydrogens (tertiary/aromatic N) is 1. The molecule has 1 aliphatic rings. The third kappa shape index (κ3) is 5.24. The summed E-state index contributed by atoms with van der Waals surface area (Å²) in [7, 11) is 1.49. The summed E-state index contributed by atoms with van der Waals surface area (Å²) in [5.74, 6) is 0.190. The monoisotopic (exact) mass is 374 g/mol. The Labute approximate surface area is 153 Å². The van der Waals surface area contributed by atoms with Crippen molar-refractivity contribution in [2.75, 3.05) is 33.3 Å². The van der Waals surface area contributed by atoms with Gasteiger partial charge in [-0.1, -0.05) is 23.2 Å². The van der Waals surface area contributed by atoms with E-state index in [1.807, 2.05) is 0 Å². The number of ether oxygens (including phenoxy) is 2. The minimum Gasteiger partial charge on any atom is -0.494 e. The van der Waals surface area contributed by atoms with E-state index in [2.05, 4.69) is 24.1 Å². The van der Waals surface area contributed by atoms with E-state index in [1.165, 1.54) is 7.11 Å². The van der Waals surface area contributed by atoms with Crippen molar-refractivity contribution < 1.29 is 14.3 Å². The van der Waals surface area contributed by atoms with Crippen molar-refractivity contribution in [3.8, 4) is 5.75 Å². The van der Waals surface area contributed by atoms with Crippen molar-refractivity contribution in [1.29, 1.82) is 0 Å². The summed E-state index contributed by atoms with van der Waals surface area (Å²) in [5.41, 5.74) is 0.430. The van der Waals surface area contributed by atoms with Gasteiger partial charge in [0, 0.05) is 31.7 Å². The summed E-state index contributed by atoms with van der Waals surface area (Å²) in [5, 5.41) is 3.55. The molecule has 1 fully saturated rings. The summed E-state index contributed by atoms with van der Waals surface area (Å²) >= 11 is 12.1. The second-order valence-corrected chi connectivity index (χ2v) is 6.91. The number of benzene rings is 1. The van der Waals surface area contributed by atoms with Gasteiger partial charge in [-0.3, -0.25) is 9.69 Å². The lowest BCUT2D eigenvalue weighted by atomic mass is 10.2. The smallest absolute Gasteiger partial charge is 0.251 e. The predicted octanol–water partition coefficient (Wildman–Crippen LogP) is 3.23. The zero-order chi connectivity index (χ0) is 17.7. The Morgan fingerprint density at radius 3 is 2.42 bits per heavy atom. The average Bonchev–Trinajstić information content (AvgIpc) is 2.50. The summed E-state index contributed by atoms with van der Waals surface area (Å²) < 4.78 is 10.8. The van der Waals surface area contributed by atoms with Gasteiger partial charge in [0.15, 0.2) is 5.75 Å². The molecule has 7 heteroatoms. The molecule has 2 unspecified atom stereocenters. The lowest BCUT2D eigenvalue weighted by molar-refractivity contribution is -0.0679. The maximum atomic E-state index is 12.2. The first-order valence-corrected chi connectivity index (χ1v) is 8.85. The Morgan fingerprint density at radius 1 is 1.29 bits per heavy atom. The number of carbonyl (C=O) groups is 1. The molecule has 1 saturated heterocycles. The fraction of sp³-hybridized carbons (Fsp3) is 0.588. The van der Waals surface area contributed by atoms with E-state index >= 15 is 0 Å². The first-order chi connectivity index (χ1) is 11.4. The number of nitrogens with one attached hydrogen (secondary N) is 1. The van der Waals surface area contributed by atoms with Crippen LogP contribution in [0.3, 0.4) is 0 Å². The van der Waals surface area contributed by atoms with Crippen LogP contribution >= 0.6 is 23.2 Å². The normalized spacial score (nSPS) is 21.5.